The zero-order valence-electron chi connectivity index (χ0n) is 5.68. The summed E-state index contributed by atoms with van der Waals surface area (Å²) in [6, 6.07) is 0. The van der Waals surface area contributed by atoms with Gasteiger partial charge in [-0.05, 0) is 18.8 Å². The molecular formula is C8H13O. The van der Waals surface area contributed by atoms with Crippen LogP contribution < -0.4 is 0 Å². The molecule has 1 rings (SSSR count). The van der Waals surface area contributed by atoms with Crippen molar-refractivity contribution in [1.82, 2.24) is 0 Å². The summed E-state index contributed by atoms with van der Waals surface area (Å²) in [5.41, 5.74) is 0. The summed E-state index contributed by atoms with van der Waals surface area (Å²) in [7, 11) is 0. The van der Waals surface area contributed by atoms with Gasteiger partial charge in [0.1, 0.15) is 6.29 Å². The van der Waals surface area contributed by atoms with Gasteiger partial charge in [0.25, 0.3) is 0 Å². The highest BCUT2D eigenvalue weighted by molar-refractivity contribution is 5.61. The zero-order valence-corrected chi connectivity index (χ0v) is 5.68. The van der Waals surface area contributed by atoms with Crippen LogP contribution >= 0.6 is 0 Å². The molecule has 9 heavy (non-hydrogen) atoms. The molecule has 1 nitrogen and oxygen atoms in total. The predicted octanol–water partition coefficient (Wildman–Crippen LogP) is 1.97. The summed E-state index contributed by atoms with van der Waals surface area (Å²) in [6.07, 6.45) is 9.21. The van der Waals surface area contributed by atoms with Crippen LogP contribution in [-0.4, -0.2) is 6.29 Å². The molecule has 0 aromatic carbocycles. The minimum Gasteiger partial charge on any atom is -0.303 e. The third-order valence-electron chi connectivity index (χ3n) is 2.00. The molecule has 0 heterocycles. The van der Waals surface area contributed by atoms with Crippen molar-refractivity contribution in [3.8, 4) is 0 Å². The van der Waals surface area contributed by atoms with Gasteiger partial charge in [0.05, 0.1) is 0 Å². The lowest BCUT2D eigenvalue weighted by atomic mass is 9.87. The average molecular weight is 125 g/mol. The molecule has 1 fully saturated rings. The third kappa shape index (κ3) is 2.17. The molecular weight excluding hydrogens is 112 g/mol. The molecule has 0 aromatic rings. The quantitative estimate of drug-likeness (QED) is 0.516. The Morgan fingerprint density at radius 1 is 1.11 bits per heavy atom. The van der Waals surface area contributed by atoms with E-state index in [1.165, 1.54) is 32.1 Å². The van der Waals surface area contributed by atoms with Crippen molar-refractivity contribution in [3.05, 3.63) is 6.42 Å². The Labute approximate surface area is 56.4 Å². The highest BCUT2D eigenvalue weighted by atomic mass is 16.1. The maximum Gasteiger partial charge on any atom is 0.124 e. The molecule has 0 aromatic heterocycles. The van der Waals surface area contributed by atoms with E-state index in [2.05, 4.69) is 0 Å². The Balaban J connectivity index is 2.15. The van der Waals surface area contributed by atoms with E-state index in [1.54, 1.807) is 6.42 Å². The Kier molecular flexibility index (Phi) is 2.75. The third-order valence-corrected chi connectivity index (χ3v) is 2.00. The largest absolute Gasteiger partial charge is 0.303 e. The van der Waals surface area contributed by atoms with Crippen molar-refractivity contribution in [3.63, 3.8) is 0 Å². The maximum atomic E-state index is 10.0. The van der Waals surface area contributed by atoms with Gasteiger partial charge in [-0.25, -0.2) is 0 Å². The number of rotatable bonds is 2. The molecule has 0 aliphatic heterocycles. The zero-order chi connectivity index (χ0) is 6.53. The Hall–Kier alpha value is -0.330. The number of aldehydes is 1. The van der Waals surface area contributed by atoms with Gasteiger partial charge in [-0.2, -0.15) is 0 Å². The second-order valence-corrected chi connectivity index (χ2v) is 2.73. The number of hydrogen-bond donors (Lipinski definition) is 0. The fraction of sp³-hybridized carbons (Fsp3) is 0.750. The van der Waals surface area contributed by atoms with Crippen LogP contribution in [0.5, 0.6) is 0 Å². The molecule has 0 bridgehead atoms. The summed E-state index contributed by atoms with van der Waals surface area (Å²) in [6.45, 7) is 0. The molecule has 1 heteroatoms. The van der Waals surface area contributed by atoms with Gasteiger partial charge in [-0.15, -0.1) is 0 Å². The average Bonchev–Trinajstić information content (AvgIpc) is 1.91. The van der Waals surface area contributed by atoms with E-state index in [-0.39, 0.29) is 0 Å². The van der Waals surface area contributed by atoms with Crippen molar-refractivity contribution >= 4 is 6.29 Å². The molecule has 1 aliphatic carbocycles. The maximum absolute atomic E-state index is 10.0. The number of carbonyl (C=O) groups is 1. The first-order valence-corrected chi connectivity index (χ1v) is 3.72. The minimum atomic E-state index is 0.608. The van der Waals surface area contributed by atoms with Gasteiger partial charge >= 0.3 is 0 Å². The Morgan fingerprint density at radius 2 is 1.78 bits per heavy atom. The standard InChI is InChI=1S/C8H13O/c9-7-6-8-4-2-1-3-5-8/h6-8H,1-5H2. The molecule has 1 aliphatic rings. The van der Waals surface area contributed by atoms with Gasteiger partial charge in [0.2, 0.25) is 0 Å². The minimum absolute atomic E-state index is 0.608. The summed E-state index contributed by atoms with van der Waals surface area (Å²) >= 11 is 0. The second-order valence-electron chi connectivity index (χ2n) is 2.73. The van der Waals surface area contributed by atoms with Crippen LogP contribution in [0.1, 0.15) is 32.1 Å². The molecule has 0 spiro atoms. The van der Waals surface area contributed by atoms with Crippen LogP contribution in [0.15, 0.2) is 0 Å². The van der Waals surface area contributed by atoms with Gasteiger partial charge in [0, 0.05) is 6.42 Å². The van der Waals surface area contributed by atoms with Crippen LogP contribution in [-0.2, 0) is 4.79 Å². The van der Waals surface area contributed by atoms with Crippen LogP contribution in [0.4, 0.5) is 0 Å². The summed E-state index contributed by atoms with van der Waals surface area (Å²) < 4.78 is 0. The highest BCUT2D eigenvalue weighted by Gasteiger charge is 2.11. The first-order valence-electron chi connectivity index (χ1n) is 3.72. The molecule has 0 N–H and O–H groups in total. The van der Waals surface area contributed by atoms with Gasteiger partial charge in [-0.3, -0.25) is 0 Å². The van der Waals surface area contributed by atoms with E-state index < -0.39 is 0 Å². The van der Waals surface area contributed by atoms with Crippen LogP contribution in [0.25, 0.3) is 0 Å². The monoisotopic (exact) mass is 125 g/mol. The number of carbonyl (C=O) groups excluding carboxylic acids is 1. The lowest BCUT2D eigenvalue weighted by Crippen LogP contribution is -2.06. The van der Waals surface area contributed by atoms with Crippen molar-refractivity contribution in [1.29, 1.82) is 0 Å². The first-order chi connectivity index (χ1) is 4.43. The van der Waals surface area contributed by atoms with E-state index in [0.717, 1.165) is 6.29 Å². The fourth-order valence-electron chi connectivity index (χ4n) is 1.44. The topological polar surface area (TPSA) is 17.1 Å². The Morgan fingerprint density at radius 3 is 2.33 bits per heavy atom. The summed E-state index contributed by atoms with van der Waals surface area (Å²) in [5, 5.41) is 0. The number of hydrogen-bond acceptors (Lipinski definition) is 1. The van der Waals surface area contributed by atoms with E-state index in [4.69, 9.17) is 0 Å². The molecule has 0 saturated heterocycles. The SMILES string of the molecule is O=C[CH]C1CCCCC1. The predicted molar refractivity (Wildman–Crippen MR) is 36.9 cm³/mol. The van der Waals surface area contributed by atoms with Crippen molar-refractivity contribution in [2.24, 2.45) is 5.92 Å². The normalized spacial score (nSPS) is 21.8. The molecule has 51 valence electrons. The Bertz CT molecular complexity index is 82.6. The van der Waals surface area contributed by atoms with Crippen molar-refractivity contribution in [2.45, 2.75) is 32.1 Å². The van der Waals surface area contributed by atoms with Crippen molar-refractivity contribution < 1.29 is 4.79 Å². The summed E-state index contributed by atoms with van der Waals surface area (Å²) in [4.78, 5) is 10.0. The highest BCUT2D eigenvalue weighted by Crippen LogP contribution is 2.24. The molecule has 1 radical (unpaired) electrons. The molecule has 1 saturated carbocycles. The first kappa shape index (κ1) is 6.79. The van der Waals surface area contributed by atoms with E-state index >= 15 is 0 Å². The fourth-order valence-corrected chi connectivity index (χ4v) is 1.44. The molecule has 0 atom stereocenters. The van der Waals surface area contributed by atoms with E-state index in [9.17, 15) is 4.79 Å². The van der Waals surface area contributed by atoms with Gasteiger partial charge in [0.15, 0.2) is 0 Å². The lowest BCUT2D eigenvalue weighted by Gasteiger charge is -2.18. The van der Waals surface area contributed by atoms with Gasteiger partial charge in [-0.1, -0.05) is 19.3 Å². The van der Waals surface area contributed by atoms with Gasteiger partial charge < -0.3 is 4.79 Å². The molecule has 0 unspecified atom stereocenters. The lowest BCUT2D eigenvalue weighted by molar-refractivity contribution is -0.105. The second kappa shape index (κ2) is 3.65. The molecule has 0 amide bonds. The van der Waals surface area contributed by atoms with Crippen LogP contribution in [0.2, 0.25) is 0 Å². The van der Waals surface area contributed by atoms with Crippen molar-refractivity contribution in [2.75, 3.05) is 0 Å². The van der Waals surface area contributed by atoms with Crippen LogP contribution in [0, 0.1) is 12.3 Å². The smallest absolute Gasteiger partial charge is 0.124 e. The summed E-state index contributed by atoms with van der Waals surface area (Å²) in [5.74, 6) is 0.608. The van der Waals surface area contributed by atoms with E-state index in [1.807, 2.05) is 0 Å². The van der Waals surface area contributed by atoms with Crippen LogP contribution in [0.3, 0.4) is 0 Å². The van der Waals surface area contributed by atoms with E-state index in [0.29, 0.717) is 5.92 Å².